The zero-order chi connectivity index (χ0) is 11.1. The average Bonchev–Trinajstić information content (AvgIpc) is 2.17. The second kappa shape index (κ2) is 3.09. The quantitative estimate of drug-likeness (QED) is 0.692. The van der Waals surface area contributed by atoms with Gasteiger partial charge in [-0.1, -0.05) is 18.2 Å². The van der Waals surface area contributed by atoms with Crippen LogP contribution in [0.25, 0.3) is 5.57 Å². The summed E-state index contributed by atoms with van der Waals surface area (Å²) in [6.45, 7) is 0. The van der Waals surface area contributed by atoms with E-state index in [0.29, 0.717) is 5.56 Å². The maximum atomic E-state index is 11.5. The van der Waals surface area contributed by atoms with E-state index in [2.05, 4.69) is 4.72 Å². The minimum atomic E-state index is -3.54. The van der Waals surface area contributed by atoms with E-state index in [4.69, 9.17) is 5.73 Å². The van der Waals surface area contributed by atoms with Crippen LogP contribution in [0.5, 0.6) is 0 Å². The summed E-state index contributed by atoms with van der Waals surface area (Å²) in [5, 5.41) is 0. The number of carbonyl (C=O) groups is 1. The van der Waals surface area contributed by atoms with Gasteiger partial charge in [0.2, 0.25) is 0 Å². The van der Waals surface area contributed by atoms with E-state index in [1.807, 2.05) is 0 Å². The highest BCUT2D eigenvalue weighted by Gasteiger charge is 2.25. The lowest BCUT2D eigenvalue weighted by Crippen LogP contribution is -2.27. The van der Waals surface area contributed by atoms with Gasteiger partial charge in [-0.05, 0) is 6.07 Å². The van der Waals surface area contributed by atoms with Crippen molar-refractivity contribution < 1.29 is 13.2 Å². The fourth-order valence-electron chi connectivity index (χ4n) is 1.41. The molecule has 78 valence electrons. The van der Waals surface area contributed by atoms with Gasteiger partial charge >= 0.3 is 0 Å². The molecule has 0 radical (unpaired) electrons. The molecule has 0 fully saturated rings. The zero-order valence-electron chi connectivity index (χ0n) is 7.60. The minimum absolute atomic E-state index is 0.0706. The van der Waals surface area contributed by atoms with Gasteiger partial charge in [-0.3, -0.25) is 9.52 Å². The van der Waals surface area contributed by atoms with Crippen LogP contribution in [0.3, 0.4) is 0 Å². The van der Waals surface area contributed by atoms with Gasteiger partial charge in [-0.15, -0.1) is 0 Å². The molecule has 3 N–H and O–H groups in total. The largest absolute Gasteiger partial charge is 0.366 e. The number of primary amides is 1. The van der Waals surface area contributed by atoms with Gasteiger partial charge in [0.25, 0.3) is 15.9 Å². The Kier molecular flexibility index (Phi) is 2.01. The van der Waals surface area contributed by atoms with E-state index in [9.17, 15) is 13.2 Å². The van der Waals surface area contributed by atoms with Crippen LogP contribution >= 0.6 is 0 Å². The summed E-state index contributed by atoms with van der Waals surface area (Å²) in [5.74, 6) is -0.662. The lowest BCUT2D eigenvalue weighted by atomic mass is 10.1. The third-order valence-corrected chi connectivity index (χ3v) is 3.45. The van der Waals surface area contributed by atoms with E-state index in [0.717, 1.165) is 6.20 Å². The third-order valence-electron chi connectivity index (χ3n) is 2.09. The van der Waals surface area contributed by atoms with E-state index in [1.165, 1.54) is 6.07 Å². The highest BCUT2D eigenvalue weighted by molar-refractivity contribution is 7.89. The van der Waals surface area contributed by atoms with Crippen LogP contribution in [0.4, 0.5) is 0 Å². The number of amides is 1. The number of fused-ring (bicyclic) bond motifs is 1. The second-order valence-corrected chi connectivity index (χ2v) is 4.72. The Morgan fingerprint density at radius 2 is 1.93 bits per heavy atom. The molecule has 0 aliphatic carbocycles. The van der Waals surface area contributed by atoms with Crippen molar-refractivity contribution >= 4 is 21.5 Å². The van der Waals surface area contributed by atoms with Gasteiger partial charge in [-0.2, -0.15) is 0 Å². The topological polar surface area (TPSA) is 89.3 Å². The first-order chi connectivity index (χ1) is 7.02. The Morgan fingerprint density at radius 3 is 2.60 bits per heavy atom. The van der Waals surface area contributed by atoms with Crippen molar-refractivity contribution in [1.29, 1.82) is 0 Å². The molecule has 1 aliphatic rings. The summed E-state index contributed by atoms with van der Waals surface area (Å²) in [6, 6.07) is 6.20. The minimum Gasteiger partial charge on any atom is -0.366 e. The van der Waals surface area contributed by atoms with Gasteiger partial charge in [0.05, 0.1) is 10.5 Å². The predicted molar refractivity (Wildman–Crippen MR) is 53.9 cm³/mol. The molecule has 0 saturated carbocycles. The zero-order valence-corrected chi connectivity index (χ0v) is 8.41. The molecule has 0 spiro atoms. The number of rotatable bonds is 1. The summed E-state index contributed by atoms with van der Waals surface area (Å²) in [5.41, 5.74) is 5.63. The molecule has 0 aromatic heterocycles. The number of hydrogen-bond acceptors (Lipinski definition) is 3. The van der Waals surface area contributed by atoms with E-state index in [1.54, 1.807) is 18.2 Å². The summed E-state index contributed by atoms with van der Waals surface area (Å²) in [6.07, 6.45) is 1.11. The van der Waals surface area contributed by atoms with Crippen molar-refractivity contribution in [3.8, 4) is 0 Å². The summed E-state index contributed by atoms with van der Waals surface area (Å²) < 4.78 is 25.2. The van der Waals surface area contributed by atoms with Gasteiger partial charge < -0.3 is 5.73 Å². The van der Waals surface area contributed by atoms with Crippen molar-refractivity contribution in [2.24, 2.45) is 5.73 Å². The Bertz CT molecular complexity index is 560. The van der Waals surface area contributed by atoms with Crippen LogP contribution in [-0.2, 0) is 14.8 Å². The summed E-state index contributed by atoms with van der Waals surface area (Å²) in [4.78, 5) is 11.1. The molecule has 6 heteroatoms. The van der Waals surface area contributed by atoms with Crippen LogP contribution in [0.15, 0.2) is 35.4 Å². The monoisotopic (exact) mass is 224 g/mol. The molecule has 2 rings (SSSR count). The number of carbonyl (C=O) groups excluding carboxylic acids is 1. The normalized spacial score (nSPS) is 17.2. The van der Waals surface area contributed by atoms with Crippen LogP contribution in [0.1, 0.15) is 5.56 Å². The van der Waals surface area contributed by atoms with Crippen LogP contribution in [0, 0.1) is 0 Å². The summed E-state index contributed by atoms with van der Waals surface area (Å²) in [7, 11) is -3.54. The fraction of sp³-hybridized carbons (Fsp3) is 0. The van der Waals surface area contributed by atoms with Crippen LogP contribution < -0.4 is 10.5 Å². The molecular weight excluding hydrogens is 216 g/mol. The first kappa shape index (κ1) is 9.72. The highest BCUT2D eigenvalue weighted by atomic mass is 32.2. The van der Waals surface area contributed by atoms with Crippen LogP contribution in [-0.4, -0.2) is 14.3 Å². The van der Waals surface area contributed by atoms with Crippen molar-refractivity contribution in [1.82, 2.24) is 4.72 Å². The first-order valence-corrected chi connectivity index (χ1v) is 5.62. The number of nitrogens with one attached hydrogen (secondary N) is 1. The Hall–Kier alpha value is -1.82. The molecule has 15 heavy (non-hydrogen) atoms. The average molecular weight is 224 g/mol. The van der Waals surface area contributed by atoms with Crippen molar-refractivity contribution in [3.05, 3.63) is 36.0 Å². The molecule has 0 saturated heterocycles. The highest BCUT2D eigenvalue weighted by Crippen LogP contribution is 2.26. The van der Waals surface area contributed by atoms with Gasteiger partial charge in [0.1, 0.15) is 0 Å². The van der Waals surface area contributed by atoms with Crippen LogP contribution in [0.2, 0.25) is 0 Å². The molecule has 1 aliphatic heterocycles. The molecule has 1 aromatic rings. The van der Waals surface area contributed by atoms with Crippen molar-refractivity contribution in [2.45, 2.75) is 4.90 Å². The second-order valence-electron chi connectivity index (χ2n) is 3.04. The smallest absolute Gasteiger partial charge is 0.262 e. The third kappa shape index (κ3) is 1.48. The number of nitrogens with two attached hydrogens (primary N) is 1. The molecule has 0 atom stereocenters. The van der Waals surface area contributed by atoms with E-state index >= 15 is 0 Å². The molecule has 1 amide bonds. The van der Waals surface area contributed by atoms with E-state index in [-0.39, 0.29) is 10.5 Å². The standard InChI is InChI=1S/C9H8N2O3S/c10-9(12)7-5-11-15(13,14)8-4-2-1-3-6(7)8/h1-5,11H,(H2,10,12). The molecule has 1 heterocycles. The van der Waals surface area contributed by atoms with E-state index < -0.39 is 15.9 Å². The summed E-state index contributed by atoms with van der Waals surface area (Å²) >= 11 is 0. The number of hydrogen-bond donors (Lipinski definition) is 2. The number of benzene rings is 1. The fourth-order valence-corrected chi connectivity index (χ4v) is 2.53. The Balaban J connectivity index is 2.74. The lowest BCUT2D eigenvalue weighted by molar-refractivity contribution is -0.112. The lowest BCUT2D eigenvalue weighted by Gasteiger charge is -2.16. The van der Waals surface area contributed by atoms with Gasteiger partial charge in [-0.25, -0.2) is 8.42 Å². The maximum absolute atomic E-state index is 11.5. The molecule has 5 nitrogen and oxygen atoms in total. The molecule has 1 aromatic carbocycles. The predicted octanol–water partition coefficient (Wildman–Crippen LogP) is -0.195. The van der Waals surface area contributed by atoms with Crippen molar-refractivity contribution in [2.75, 3.05) is 0 Å². The Morgan fingerprint density at radius 1 is 1.27 bits per heavy atom. The first-order valence-electron chi connectivity index (χ1n) is 4.14. The maximum Gasteiger partial charge on any atom is 0.262 e. The van der Waals surface area contributed by atoms with Gasteiger partial charge in [0.15, 0.2) is 0 Å². The molecule has 0 unspecified atom stereocenters. The molecular formula is C9H8N2O3S. The Labute approximate surface area is 86.6 Å². The molecule has 0 bridgehead atoms. The van der Waals surface area contributed by atoms with Gasteiger partial charge in [0, 0.05) is 11.8 Å². The van der Waals surface area contributed by atoms with Crippen molar-refractivity contribution in [3.63, 3.8) is 0 Å². The number of sulfonamides is 1. The SMILES string of the molecule is NC(=O)C1=CNS(=O)(=O)c2ccccc21.